The van der Waals surface area contributed by atoms with Gasteiger partial charge in [-0.05, 0) is 59.5 Å². The van der Waals surface area contributed by atoms with Crippen molar-refractivity contribution in [2.75, 3.05) is 0 Å². The first kappa shape index (κ1) is 48.3. The van der Waals surface area contributed by atoms with Crippen LogP contribution in [0.15, 0.2) is 155 Å². The number of aromatic nitrogens is 6. The third-order valence-electron chi connectivity index (χ3n) is 12.6. The Morgan fingerprint density at radius 2 is 1.34 bits per heavy atom. The summed E-state index contributed by atoms with van der Waals surface area (Å²) in [5.74, 6) is 9.73. The van der Waals surface area contributed by atoms with Crippen LogP contribution in [-0.4, -0.2) is 42.8 Å². The van der Waals surface area contributed by atoms with Crippen LogP contribution in [0.5, 0.6) is 0 Å². The van der Waals surface area contributed by atoms with Crippen LogP contribution in [0, 0.1) is 39.8 Å². The standard InChI is InChI=1S/C41H34N5O.C19H20GeNO.Ir/c1-24-17-18-30(38-34(24)35-40(47-38)43-20-19-42-35)39-45-33-21-25(2)44-26(3)36(33)46(39)37-31(27-13-9-7-10-14-27)22-29(41(4,5)6)23-32(37)28-15-11-8-12-16-28;1-14-10-11-19(22-14)16-12-18(15-8-6-5-7-9-15)21-13-17(16)20(2,3)4;/h7-17,19-23H,1-6H3;5-8,10-13H,1-4H3;/q2*-1;. The summed E-state index contributed by atoms with van der Waals surface area (Å²) >= 11 is -2.04. The molecule has 0 saturated carbocycles. The van der Waals surface area contributed by atoms with Crippen LogP contribution in [0.2, 0.25) is 17.3 Å². The van der Waals surface area contributed by atoms with Crippen LogP contribution < -0.4 is 4.40 Å². The van der Waals surface area contributed by atoms with Gasteiger partial charge in [0.05, 0.1) is 33.8 Å². The van der Waals surface area contributed by atoms with Crippen LogP contribution in [0.3, 0.4) is 0 Å². The van der Waals surface area contributed by atoms with Crippen molar-refractivity contribution in [3.63, 3.8) is 0 Å². The maximum Gasteiger partial charge on any atom is 0 e. The molecule has 8 nitrogen and oxygen atoms in total. The molecule has 1 radical (unpaired) electrons. The first-order valence-corrected chi connectivity index (χ1v) is 30.7. The number of pyridine rings is 2. The molecule has 0 unspecified atom stereocenters. The molecule has 0 aliphatic rings. The van der Waals surface area contributed by atoms with Gasteiger partial charge in [-0.15, -0.1) is 17.7 Å². The van der Waals surface area contributed by atoms with Crippen LogP contribution in [0.1, 0.15) is 49.0 Å². The summed E-state index contributed by atoms with van der Waals surface area (Å²) in [6.07, 6.45) is 5.41. The molecule has 0 bridgehead atoms. The van der Waals surface area contributed by atoms with Gasteiger partial charge in [0, 0.05) is 49.3 Å². The molecule has 11 aromatic rings. The van der Waals surface area contributed by atoms with E-state index in [4.69, 9.17) is 18.8 Å². The topological polar surface area (TPSA) is 95.7 Å². The number of hydrogen-bond donors (Lipinski definition) is 0. The Hall–Kier alpha value is -6.78. The van der Waals surface area contributed by atoms with Crippen molar-refractivity contribution in [2.45, 2.75) is 71.1 Å². The average molecular weight is 1160 g/mol. The predicted octanol–water partition coefficient (Wildman–Crippen LogP) is 14.8. The van der Waals surface area contributed by atoms with Gasteiger partial charge in [0.15, 0.2) is 0 Å². The minimum atomic E-state index is -2.04. The molecule has 0 atom stereocenters. The Bertz CT molecular complexity index is 3620. The zero-order valence-electron chi connectivity index (χ0n) is 41.2. The zero-order valence-corrected chi connectivity index (χ0v) is 45.7. The number of hydrogen-bond acceptors (Lipinski definition) is 7. The molecule has 5 aromatic carbocycles. The molecule has 6 aromatic heterocycles. The van der Waals surface area contributed by atoms with Crippen molar-refractivity contribution in [1.29, 1.82) is 0 Å². The van der Waals surface area contributed by atoms with E-state index in [0.717, 1.165) is 101 Å². The SMILES string of the molecule is Cc1cc2nc(-c3[c-]cc(C)c4c3oc3nccnc34)n(-c3c(-c4ccccc4)cc(C(C)(C)C)cc3-c3ccccc3)c2c(C)n1.Cc1ccc(-c2cc(-c3[c-]cccc3)nc[c]2[Ge]([CH3])([CH3])[CH3])o1.[Ir]. The molecule has 11 rings (SSSR count). The van der Waals surface area contributed by atoms with E-state index in [2.05, 4.69) is 175 Å². The smallest absolute Gasteiger partial charge is 0 e. The van der Waals surface area contributed by atoms with Crippen LogP contribution in [0.4, 0.5) is 0 Å². The molecular formula is C60H54GeIrN6O2-2. The van der Waals surface area contributed by atoms with E-state index in [1.165, 1.54) is 15.5 Å². The number of rotatable bonds is 7. The predicted molar refractivity (Wildman–Crippen MR) is 284 cm³/mol. The minimum Gasteiger partial charge on any atom is 0 e. The van der Waals surface area contributed by atoms with E-state index in [9.17, 15) is 0 Å². The largest absolute Gasteiger partial charge is 0 e. The molecular weight excluding hydrogens is 1100 g/mol. The van der Waals surface area contributed by atoms with Crippen molar-refractivity contribution in [1.82, 2.24) is 29.5 Å². The zero-order chi connectivity index (χ0) is 48.2. The molecule has 0 aliphatic carbocycles. The number of fused-ring (bicyclic) bond motifs is 4. The quantitative estimate of drug-likeness (QED) is 0.116. The van der Waals surface area contributed by atoms with E-state index >= 15 is 0 Å². The number of nitrogens with zero attached hydrogens (tertiary/aromatic N) is 6. The van der Waals surface area contributed by atoms with Gasteiger partial charge in [0.25, 0.3) is 0 Å². The summed E-state index contributed by atoms with van der Waals surface area (Å²) in [4.78, 5) is 24.1. The number of furan rings is 2. The van der Waals surface area contributed by atoms with Crippen molar-refractivity contribution in [3.8, 4) is 61.9 Å². The number of aryl methyl sites for hydroxylation is 4. The van der Waals surface area contributed by atoms with Gasteiger partial charge in [-0.25, -0.2) is 4.98 Å². The second-order valence-corrected chi connectivity index (χ2v) is 30.4. The summed E-state index contributed by atoms with van der Waals surface area (Å²) in [7, 11) is 0. The molecule has 0 fully saturated rings. The molecule has 10 heteroatoms. The Morgan fingerprint density at radius 1 is 0.671 bits per heavy atom. The summed E-state index contributed by atoms with van der Waals surface area (Å²) < 4.78 is 16.0. The summed E-state index contributed by atoms with van der Waals surface area (Å²) in [5.41, 5.74) is 17.0. The van der Waals surface area contributed by atoms with Crippen LogP contribution >= 0.6 is 0 Å². The van der Waals surface area contributed by atoms with Crippen molar-refractivity contribution >= 4 is 50.9 Å². The van der Waals surface area contributed by atoms with E-state index in [1.807, 2.05) is 56.4 Å². The van der Waals surface area contributed by atoms with Crippen molar-refractivity contribution in [3.05, 3.63) is 186 Å². The van der Waals surface area contributed by atoms with E-state index < -0.39 is 13.3 Å². The van der Waals surface area contributed by atoms with Gasteiger partial charge in [0.2, 0.25) is 5.71 Å². The molecule has 70 heavy (non-hydrogen) atoms. The normalized spacial score (nSPS) is 11.7. The average Bonchev–Trinajstić information content (AvgIpc) is 4.07. The van der Waals surface area contributed by atoms with Gasteiger partial charge >= 0.3 is 134 Å². The fraction of sp³-hybridized carbons (Fsp3) is 0.183. The fourth-order valence-corrected chi connectivity index (χ4v) is 12.2. The third-order valence-corrected chi connectivity index (χ3v) is 16.8. The Kier molecular flexibility index (Phi) is 13.2. The second kappa shape index (κ2) is 19.2. The molecule has 6 heterocycles. The summed E-state index contributed by atoms with van der Waals surface area (Å²) in [6, 6.07) is 51.0. The molecule has 0 N–H and O–H groups in total. The summed E-state index contributed by atoms with van der Waals surface area (Å²) in [6.45, 7) is 14.9. The molecule has 0 amide bonds. The van der Waals surface area contributed by atoms with Gasteiger partial charge in [-0.3, -0.25) is 15.0 Å². The number of imidazole rings is 1. The molecule has 0 saturated heterocycles. The molecule has 0 spiro atoms. The van der Waals surface area contributed by atoms with Crippen LogP contribution in [0.25, 0.3) is 95.1 Å². The Morgan fingerprint density at radius 3 is 1.96 bits per heavy atom. The van der Waals surface area contributed by atoms with Crippen molar-refractivity contribution in [2.24, 2.45) is 0 Å². The molecule has 0 aliphatic heterocycles. The third kappa shape index (κ3) is 9.22. The van der Waals surface area contributed by atoms with Crippen molar-refractivity contribution < 1.29 is 28.9 Å². The fourth-order valence-electron chi connectivity index (χ4n) is 9.19. The maximum atomic E-state index is 6.48. The van der Waals surface area contributed by atoms with Gasteiger partial charge < -0.3 is 8.98 Å². The van der Waals surface area contributed by atoms with E-state index in [0.29, 0.717) is 11.3 Å². The van der Waals surface area contributed by atoms with Gasteiger partial charge in [0.1, 0.15) is 5.52 Å². The Labute approximate surface area is 426 Å². The first-order chi connectivity index (χ1) is 33.1. The molecule has 351 valence electrons. The number of benzene rings is 5. The first-order valence-electron chi connectivity index (χ1n) is 23.4. The monoisotopic (exact) mass is 1160 g/mol. The van der Waals surface area contributed by atoms with Gasteiger partial charge in [-0.2, -0.15) is 0 Å². The van der Waals surface area contributed by atoms with E-state index in [1.54, 1.807) is 12.4 Å². The second-order valence-electron chi connectivity index (χ2n) is 19.8. The maximum absolute atomic E-state index is 6.48. The van der Waals surface area contributed by atoms with E-state index in [-0.39, 0.29) is 25.5 Å². The van der Waals surface area contributed by atoms with Crippen LogP contribution in [-0.2, 0) is 25.5 Å². The minimum absolute atomic E-state index is 0. The summed E-state index contributed by atoms with van der Waals surface area (Å²) in [5, 5.41) is 0.918. The van der Waals surface area contributed by atoms with Gasteiger partial charge in [-0.1, -0.05) is 93.9 Å². The Balaban J connectivity index is 0.000000222.